The highest BCUT2D eigenvalue weighted by Gasteiger charge is 2.27. The Kier molecular flexibility index (Phi) is 6.57. The molecule has 0 unspecified atom stereocenters. The minimum Gasteiger partial charge on any atom is -0.462 e. The van der Waals surface area contributed by atoms with E-state index in [4.69, 9.17) is 4.74 Å². The van der Waals surface area contributed by atoms with E-state index in [-0.39, 0.29) is 12.0 Å². The summed E-state index contributed by atoms with van der Waals surface area (Å²) >= 11 is 1.51. The maximum atomic E-state index is 12.6. The number of esters is 1. The number of nitrogens with zero attached hydrogens (tertiary/aromatic N) is 1. The number of amides is 2. The number of ether oxygens (including phenoxy) is 1. The number of nitrogens with one attached hydrogen (secondary N) is 2. The van der Waals surface area contributed by atoms with E-state index in [0.29, 0.717) is 23.7 Å². The molecule has 0 radical (unpaired) electrons. The van der Waals surface area contributed by atoms with E-state index in [0.717, 1.165) is 57.2 Å². The lowest BCUT2D eigenvalue weighted by molar-refractivity contribution is 0.0526. The van der Waals surface area contributed by atoms with E-state index < -0.39 is 0 Å². The first-order valence-electron chi connectivity index (χ1n) is 10.9. The van der Waals surface area contributed by atoms with Crippen molar-refractivity contribution >= 4 is 34.0 Å². The van der Waals surface area contributed by atoms with Crippen LogP contribution in [0.15, 0.2) is 24.3 Å². The van der Waals surface area contributed by atoms with E-state index >= 15 is 0 Å². The van der Waals surface area contributed by atoms with Crippen molar-refractivity contribution in [2.75, 3.05) is 36.5 Å². The lowest BCUT2D eigenvalue weighted by atomic mass is 9.95. The third kappa shape index (κ3) is 4.46. The smallest absolute Gasteiger partial charge is 0.341 e. The average molecular weight is 428 g/mol. The zero-order valence-electron chi connectivity index (χ0n) is 17.5. The van der Waals surface area contributed by atoms with Crippen LogP contribution in [0.3, 0.4) is 0 Å². The summed E-state index contributed by atoms with van der Waals surface area (Å²) in [6.07, 6.45) is 6.27. The molecule has 0 fully saturated rings. The Morgan fingerprint density at radius 2 is 1.97 bits per heavy atom. The molecule has 2 heterocycles. The van der Waals surface area contributed by atoms with Gasteiger partial charge in [0.15, 0.2) is 0 Å². The maximum Gasteiger partial charge on any atom is 0.341 e. The van der Waals surface area contributed by atoms with Gasteiger partial charge in [-0.05, 0) is 62.6 Å². The molecular formula is C23H29N3O3S. The fraction of sp³-hybridized carbons (Fsp3) is 0.478. The first-order valence-corrected chi connectivity index (χ1v) is 11.7. The van der Waals surface area contributed by atoms with E-state index in [9.17, 15) is 9.59 Å². The number of rotatable bonds is 6. The van der Waals surface area contributed by atoms with Crippen LogP contribution in [0.25, 0.3) is 0 Å². The largest absolute Gasteiger partial charge is 0.462 e. The van der Waals surface area contributed by atoms with Crippen LogP contribution in [0.2, 0.25) is 0 Å². The van der Waals surface area contributed by atoms with Crippen LogP contribution in [0.5, 0.6) is 0 Å². The number of hydrogen-bond donors (Lipinski definition) is 2. The van der Waals surface area contributed by atoms with Gasteiger partial charge in [0, 0.05) is 30.2 Å². The second kappa shape index (κ2) is 9.51. The summed E-state index contributed by atoms with van der Waals surface area (Å²) in [5, 5.41) is 6.48. The topological polar surface area (TPSA) is 70.7 Å². The molecule has 0 saturated heterocycles. The lowest BCUT2D eigenvalue weighted by Gasteiger charge is -2.31. The molecular weight excluding hydrogens is 398 g/mol. The Balaban J connectivity index is 1.38. The normalized spacial score (nSPS) is 15.2. The highest BCUT2D eigenvalue weighted by molar-refractivity contribution is 7.17. The number of urea groups is 1. The van der Waals surface area contributed by atoms with E-state index in [1.54, 1.807) is 6.92 Å². The summed E-state index contributed by atoms with van der Waals surface area (Å²) < 4.78 is 5.26. The van der Waals surface area contributed by atoms with Crippen molar-refractivity contribution in [3.63, 3.8) is 0 Å². The minimum atomic E-state index is -0.336. The number of aryl methyl sites for hydroxylation is 2. The highest BCUT2D eigenvalue weighted by Crippen LogP contribution is 2.38. The number of para-hydroxylation sites is 1. The Hall–Kier alpha value is -2.54. The molecule has 1 aromatic heterocycles. The van der Waals surface area contributed by atoms with Gasteiger partial charge in [-0.2, -0.15) is 0 Å². The summed E-state index contributed by atoms with van der Waals surface area (Å²) in [7, 11) is 0. The minimum absolute atomic E-state index is 0.274. The molecule has 2 aromatic rings. The Morgan fingerprint density at radius 1 is 1.13 bits per heavy atom. The molecule has 0 saturated carbocycles. The predicted octanol–water partition coefficient (Wildman–Crippen LogP) is 4.38. The summed E-state index contributed by atoms with van der Waals surface area (Å²) in [6.45, 7) is 4.43. The average Bonchev–Trinajstić information content (AvgIpc) is 3.12. The Morgan fingerprint density at radius 3 is 2.83 bits per heavy atom. The van der Waals surface area contributed by atoms with Crippen LogP contribution in [-0.4, -0.2) is 38.2 Å². The van der Waals surface area contributed by atoms with Crippen LogP contribution >= 0.6 is 11.3 Å². The number of anilines is 2. The zero-order valence-corrected chi connectivity index (χ0v) is 18.3. The zero-order chi connectivity index (χ0) is 20.9. The van der Waals surface area contributed by atoms with Gasteiger partial charge in [-0.3, -0.25) is 5.32 Å². The Bertz CT molecular complexity index is 924. The highest BCUT2D eigenvalue weighted by atomic mass is 32.1. The van der Waals surface area contributed by atoms with E-state index in [1.807, 2.05) is 0 Å². The molecule has 0 bridgehead atoms. The van der Waals surface area contributed by atoms with Gasteiger partial charge in [0.1, 0.15) is 5.00 Å². The molecule has 1 aromatic carbocycles. The second-order valence-electron chi connectivity index (χ2n) is 7.74. The standard InChI is InChI=1S/C23H29N3O3S/c1-2-29-22(27)20-17-10-4-6-12-19(17)30-21(20)25-23(28)24-13-15-26-14-7-9-16-8-3-5-11-18(16)26/h3,5,8,11H,2,4,6-7,9-10,12-15H2,1H3,(H2,24,25,28). The molecule has 2 N–H and O–H groups in total. The van der Waals surface area contributed by atoms with Crippen LogP contribution < -0.4 is 15.5 Å². The van der Waals surface area contributed by atoms with Crippen molar-refractivity contribution < 1.29 is 14.3 Å². The van der Waals surface area contributed by atoms with E-state index in [1.165, 1.54) is 27.5 Å². The SMILES string of the molecule is CCOC(=O)c1c(NC(=O)NCCN2CCCc3ccccc32)sc2c1CCCC2. The van der Waals surface area contributed by atoms with Crippen LogP contribution in [0.1, 0.15) is 52.5 Å². The number of carbonyl (C=O) groups is 2. The molecule has 160 valence electrons. The van der Waals surface area contributed by atoms with Gasteiger partial charge in [0.05, 0.1) is 12.2 Å². The fourth-order valence-corrected chi connectivity index (χ4v) is 5.64. The molecule has 6 nitrogen and oxygen atoms in total. The van der Waals surface area contributed by atoms with Crippen molar-refractivity contribution in [3.05, 3.63) is 45.8 Å². The molecule has 2 amide bonds. The quantitative estimate of drug-likeness (QED) is 0.672. The number of fused-ring (bicyclic) bond motifs is 2. The molecule has 0 spiro atoms. The molecule has 0 atom stereocenters. The lowest BCUT2D eigenvalue weighted by Crippen LogP contribution is -2.39. The number of hydrogen-bond acceptors (Lipinski definition) is 5. The molecule has 1 aliphatic heterocycles. The van der Waals surface area contributed by atoms with Gasteiger partial charge < -0.3 is 15.0 Å². The van der Waals surface area contributed by atoms with Gasteiger partial charge in [0.25, 0.3) is 0 Å². The van der Waals surface area contributed by atoms with Crippen molar-refractivity contribution in [2.24, 2.45) is 0 Å². The molecule has 2 aliphatic rings. The third-order valence-corrected chi connectivity index (χ3v) is 6.96. The van der Waals surface area contributed by atoms with Crippen molar-refractivity contribution in [3.8, 4) is 0 Å². The van der Waals surface area contributed by atoms with Gasteiger partial charge >= 0.3 is 12.0 Å². The summed E-state index contributed by atoms with van der Waals surface area (Å²) in [4.78, 5) is 28.6. The molecule has 1 aliphatic carbocycles. The van der Waals surface area contributed by atoms with Gasteiger partial charge in [0.2, 0.25) is 0 Å². The van der Waals surface area contributed by atoms with Crippen LogP contribution in [-0.2, 0) is 24.0 Å². The van der Waals surface area contributed by atoms with Crippen molar-refractivity contribution in [1.29, 1.82) is 0 Å². The third-order valence-electron chi connectivity index (χ3n) is 5.75. The first kappa shape index (κ1) is 20.7. The number of carbonyl (C=O) groups excluding carboxylic acids is 2. The number of thiophene rings is 1. The van der Waals surface area contributed by atoms with Crippen molar-refractivity contribution in [1.82, 2.24) is 5.32 Å². The number of benzene rings is 1. The van der Waals surface area contributed by atoms with Crippen molar-refractivity contribution in [2.45, 2.75) is 45.4 Å². The monoisotopic (exact) mass is 427 g/mol. The predicted molar refractivity (Wildman–Crippen MR) is 121 cm³/mol. The molecule has 30 heavy (non-hydrogen) atoms. The second-order valence-corrected chi connectivity index (χ2v) is 8.84. The van der Waals surface area contributed by atoms with Gasteiger partial charge in [-0.25, -0.2) is 9.59 Å². The summed E-state index contributed by atoms with van der Waals surface area (Å²) in [5.74, 6) is -0.336. The fourth-order valence-electron chi connectivity index (χ4n) is 4.37. The van der Waals surface area contributed by atoms with Crippen LogP contribution in [0, 0.1) is 0 Å². The van der Waals surface area contributed by atoms with Crippen LogP contribution in [0.4, 0.5) is 15.5 Å². The molecule has 7 heteroatoms. The van der Waals surface area contributed by atoms with Gasteiger partial charge in [-0.1, -0.05) is 18.2 Å². The Labute approximate surface area is 181 Å². The first-order chi connectivity index (χ1) is 14.7. The van der Waals surface area contributed by atoms with Gasteiger partial charge in [-0.15, -0.1) is 11.3 Å². The summed E-state index contributed by atoms with van der Waals surface area (Å²) in [6, 6.07) is 8.19. The maximum absolute atomic E-state index is 12.6. The summed E-state index contributed by atoms with van der Waals surface area (Å²) in [5.41, 5.74) is 4.25. The molecule has 4 rings (SSSR count). The van der Waals surface area contributed by atoms with E-state index in [2.05, 4.69) is 39.8 Å².